The summed E-state index contributed by atoms with van der Waals surface area (Å²) in [5.74, 6) is -0.208. The zero-order chi connectivity index (χ0) is 18.3. The van der Waals surface area contributed by atoms with Gasteiger partial charge >= 0.3 is 0 Å². The Kier molecular flexibility index (Phi) is 4.69. The van der Waals surface area contributed by atoms with Crippen LogP contribution in [0.2, 0.25) is 5.02 Å². The van der Waals surface area contributed by atoms with Crippen molar-refractivity contribution in [3.8, 4) is 0 Å². The first-order chi connectivity index (χ1) is 12.6. The third kappa shape index (κ3) is 3.00. The second-order valence-corrected chi connectivity index (χ2v) is 7.98. The number of anilines is 2. The molecule has 26 heavy (non-hydrogen) atoms. The predicted octanol–water partition coefficient (Wildman–Crippen LogP) is 4.14. The highest BCUT2D eigenvalue weighted by Gasteiger charge is 2.44. The van der Waals surface area contributed by atoms with Crippen LogP contribution in [0.4, 0.5) is 11.4 Å². The van der Waals surface area contributed by atoms with Gasteiger partial charge in [-0.1, -0.05) is 17.7 Å². The molecule has 4 rings (SSSR count). The average molecular weight is 406 g/mol. The number of halogens is 1. The SMILES string of the molecule is O=C(Nc1ccc(N2C(=O)C3CCCCN3C2=S)c(Cl)c1)c1cccs1. The first kappa shape index (κ1) is 17.5. The molecule has 0 aliphatic carbocycles. The van der Waals surface area contributed by atoms with E-state index >= 15 is 0 Å². The van der Waals surface area contributed by atoms with E-state index in [2.05, 4.69) is 5.32 Å². The predicted molar refractivity (Wildman–Crippen MR) is 108 cm³/mol. The molecule has 1 unspecified atom stereocenters. The van der Waals surface area contributed by atoms with Crippen LogP contribution in [0.3, 0.4) is 0 Å². The number of carbonyl (C=O) groups excluding carboxylic acids is 2. The second kappa shape index (κ2) is 6.98. The van der Waals surface area contributed by atoms with Gasteiger partial charge in [0.05, 0.1) is 15.6 Å². The van der Waals surface area contributed by atoms with Gasteiger partial charge in [0.2, 0.25) is 0 Å². The third-order valence-electron chi connectivity index (χ3n) is 4.64. The van der Waals surface area contributed by atoms with Crippen molar-refractivity contribution in [1.82, 2.24) is 4.90 Å². The highest BCUT2D eigenvalue weighted by molar-refractivity contribution is 7.80. The van der Waals surface area contributed by atoms with Gasteiger partial charge in [0.15, 0.2) is 5.11 Å². The minimum absolute atomic E-state index is 0.0213. The van der Waals surface area contributed by atoms with Crippen molar-refractivity contribution in [2.45, 2.75) is 25.3 Å². The fraction of sp³-hybridized carbons (Fsp3) is 0.278. The number of amides is 2. The Morgan fingerprint density at radius 1 is 1.31 bits per heavy atom. The van der Waals surface area contributed by atoms with Crippen molar-refractivity contribution in [3.05, 3.63) is 45.6 Å². The maximum absolute atomic E-state index is 12.8. The smallest absolute Gasteiger partial charge is 0.265 e. The summed E-state index contributed by atoms with van der Waals surface area (Å²) >= 11 is 13.3. The van der Waals surface area contributed by atoms with Gasteiger partial charge in [0.25, 0.3) is 11.8 Å². The zero-order valence-electron chi connectivity index (χ0n) is 13.8. The van der Waals surface area contributed by atoms with E-state index in [4.69, 9.17) is 23.8 Å². The van der Waals surface area contributed by atoms with E-state index < -0.39 is 0 Å². The molecule has 1 N–H and O–H groups in total. The third-order valence-corrected chi connectivity index (χ3v) is 6.23. The molecular formula is C18H16ClN3O2S2. The van der Waals surface area contributed by atoms with Crippen LogP contribution in [0.15, 0.2) is 35.7 Å². The molecule has 134 valence electrons. The standard InChI is InChI=1S/C18H16ClN3O2S2/c19-12-10-11(20-16(23)15-5-3-9-26-15)6-7-13(12)22-17(24)14-4-1-2-8-21(14)18(22)25/h3,5-7,9-10,14H,1-2,4,8H2,(H,20,23). The molecule has 1 aromatic heterocycles. The minimum Gasteiger partial charge on any atom is -0.336 e. The lowest BCUT2D eigenvalue weighted by atomic mass is 10.0. The van der Waals surface area contributed by atoms with Crippen molar-refractivity contribution in [1.29, 1.82) is 0 Å². The van der Waals surface area contributed by atoms with E-state index in [0.29, 0.717) is 26.4 Å². The number of thiocarbonyl (C=S) groups is 1. The molecular weight excluding hydrogens is 390 g/mol. The summed E-state index contributed by atoms with van der Waals surface area (Å²) in [7, 11) is 0. The molecule has 1 aromatic carbocycles. The first-order valence-electron chi connectivity index (χ1n) is 8.35. The molecule has 2 aliphatic rings. The Hall–Kier alpha value is -1.96. The summed E-state index contributed by atoms with van der Waals surface area (Å²) in [4.78, 5) is 29.1. The summed E-state index contributed by atoms with van der Waals surface area (Å²) in [6, 6.07) is 8.52. The van der Waals surface area contributed by atoms with Crippen molar-refractivity contribution in [2.24, 2.45) is 0 Å². The Labute approximate surface area is 165 Å². The highest BCUT2D eigenvalue weighted by atomic mass is 35.5. The quantitative estimate of drug-likeness (QED) is 0.780. The molecule has 0 spiro atoms. The first-order valence-corrected chi connectivity index (χ1v) is 10.0. The number of carbonyl (C=O) groups is 2. The van der Waals surface area contributed by atoms with Gasteiger partial charge in [-0.15, -0.1) is 11.3 Å². The van der Waals surface area contributed by atoms with Crippen LogP contribution in [-0.2, 0) is 4.79 Å². The molecule has 2 saturated heterocycles. The minimum atomic E-state index is -0.186. The number of rotatable bonds is 3. The van der Waals surface area contributed by atoms with Gasteiger partial charge in [-0.05, 0) is 61.1 Å². The van der Waals surface area contributed by atoms with Crippen LogP contribution < -0.4 is 10.2 Å². The van der Waals surface area contributed by atoms with Gasteiger partial charge in [-0.3, -0.25) is 14.5 Å². The van der Waals surface area contributed by atoms with Gasteiger partial charge in [-0.2, -0.15) is 0 Å². The number of thiophene rings is 1. The van der Waals surface area contributed by atoms with Crippen LogP contribution in [-0.4, -0.2) is 34.4 Å². The molecule has 0 saturated carbocycles. The van der Waals surface area contributed by atoms with Crippen LogP contribution >= 0.6 is 35.2 Å². The van der Waals surface area contributed by atoms with Gasteiger partial charge in [0.1, 0.15) is 6.04 Å². The number of nitrogens with zero attached hydrogens (tertiary/aromatic N) is 2. The van der Waals surface area contributed by atoms with Crippen molar-refractivity contribution in [3.63, 3.8) is 0 Å². The molecule has 0 radical (unpaired) electrons. The van der Waals surface area contributed by atoms with Gasteiger partial charge in [-0.25, -0.2) is 0 Å². The summed E-state index contributed by atoms with van der Waals surface area (Å²) in [6.45, 7) is 0.804. The van der Waals surface area contributed by atoms with Crippen LogP contribution in [0.1, 0.15) is 28.9 Å². The molecule has 8 heteroatoms. The summed E-state index contributed by atoms with van der Waals surface area (Å²) < 4.78 is 0. The summed E-state index contributed by atoms with van der Waals surface area (Å²) in [5, 5.41) is 5.55. The average Bonchev–Trinajstić information content (AvgIpc) is 3.25. The topological polar surface area (TPSA) is 52.7 Å². The van der Waals surface area contributed by atoms with E-state index in [1.54, 1.807) is 24.3 Å². The van der Waals surface area contributed by atoms with Crippen LogP contribution in [0, 0.1) is 0 Å². The van der Waals surface area contributed by atoms with Crippen LogP contribution in [0.5, 0.6) is 0 Å². The lowest BCUT2D eigenvalue weighted by Gasteiger charge is -2.28. The molecule has 3 heterocycles. The fourth-order valence-corrected chi connectivity index (χ4v) is 4.67. The molecule has 5 nitrogen and oxygen atoms in total. The van der Waals surface area contributed by atoms with E-state index in [9.17, 15) is 9.59 Å². The maximum Gasteiger partial charge on any atom is 0.265 e. The second-order valence-electron chi connectivity index (χ2n) is 6.26. The molecule has 2 amide bonds. The fourth-order valence-electron chi connectivity index (χ4n) is 3.38. The number of hydrogen-bond acceptors (Lipinski definition) is 4. The number of piperidine rings is 1. The number of nitrogens with one attached hydrogen (secondary N) is 1. The zero-order valence-corrected chi connectivity index (χ0v) is 16.2. The van der Waals surface area contributed by atoms with Gasteiger partial charge < -0.3 is 10.2 Å². The lowest BCUT2D eigenvalue weighted by Crippen LogP contribution is -2.38. The van der Waals surface area contributed by atoms with E-state index in [-0.39, 0.29) is 17.9 Å². The van der Waals surface area contributed by atoms with E-state index in [0.717, 1.165) is 25.8 Å². The number of hydrogen-bond donors (Lipinski definition) is 1. The molecule has 0 bridgehead atoms. The summed E-state index contributed by atoms with van der Waals surface area (Å²) in [6.07, 6.45) is 2.89. The number of benzene rings is 1. The molecule has 2 aromatic rings. The molecule has 2 fully saturated rings. The number of fused-ring (bicyclic) bond motifs is 1. The normalized spacial score (nSPS) is 19.7. The van der Waals surface area contributed by atoms with Gasteiger partial charge in [0, 0.05) is 12.2 Å². The Bertz CT molecular complexity index is 861. The van der Waals surface area contributed by atoms with E-state index in [1.807, 2.05) is 16.3 Å². The van der Waals surface area contributed by atoms with Crippen molar-refractivity contribution >= 4 is 63.5 Å². The van der Waals surface area contributed by atoms with Crippen LogP contribution in [0.25, 0.3) is 0 Å². The van der Waals surface area contributed by atoms with Crippen molar-refractivity contribution in [2.75, 3.05) is 16.8 Å². The maximum atomic E-state index is 12.8. The Balaban J connectivity index is 1.57. The Morgan fingerprint density at radius 2 is 2.15 bits per heavy atom. The lowest BCUT2D eigenvalue weighted by molar-refractivity contribution is -0.120. The largest absolute Gasteiger partial charge is 0.336 e. The Morgan fingerprint density at radius 3 is 2.85 bits per heavy atom. The summed E-state index contributed by atoms with van der Waals surface area (Å²) in [5.41, 5.74) is 1.14. The highest BCUT2D eigenvalue weighted by Crippen LogP contribution is 2.36. The van der Waals surface area contributed by atoms with Crippen molar-refractivity contribution < 1.29 is 9.59 Å². The van der Waals surface area contributed by atoms with E-state index in [1.165, 1.54) is 16.2 Å². The monoisotopic (exact) mass is 405 g/mol. The molecule has 2 aliphatic heterocycles. The molecule has 1 atom stereocenters.